The molecular weight excluding hydrogens is 400 g/mol. The van der Waals surface area contributed by atoms with Gasteiger partial charge >= 0.3 is 0 Å². The van der Waals surface area contributed by atoms with E-state index in [1.165, 1.54) is 64.8 Å². The lowest BCUT2D eigenvalue weighted by molar-refractivity contribution is 0.666. The molecule has 3 aromatic carbocycles. The maximum absolute atomic E-state index is 5.15. The number of imidazole rings is 1. The Balaban J connectivity index is 1.80. The van der Waals surface area contributed by atoms with E-state index in [-0.39, 0.29) is 0 Å². The molecule has 0 saturated heterocycles. The van der Waals surface area contributed by atoms with Gasteiger partial charge in [-0.2, -0.15) is 0 Å². The summed E-state index contributed by atoms with van der Waals surface area (Å²) in [6, 6.07) is 22.0. The van der Waals surface area contributed by atoms with E-state index in [9.17, 15) is 0 Å². The van der Waals surface area contributed by atoms with Crippen LogP contribution in [0.5, 0.6) is 0 Å². The molecule has 0 saturated carbocycles. The summed E-state index contributed by atoms with van der Waals surface area (Å²) in [4.78, 5) is 5.15. The predicted octanol–water partition coefficient (Wildman–Crippen LogP) is 8.56. The Morgan fingerprint density at radius 2 is 1.39 bits per heavy atom. The van der Waals surface area contributed by atoms with Gasteiger partial charge in [-0.1, -0.05) is 85.8 Å². The van der Waals surface area contributed by atoms with E-state index < -0.39 is 0 Å². The topological polar surface area (TPSA) is 17.8 Å². The van der Waals surface area contributed by atoms with Crippen molar-refractivity contribution in [3.63, 3.8) is 0 Å². The minimum Gasteiger partial charge on any atom is -0.299 e. The number of hydrogen-bond acceptors (Lipinski definition) is 1. The molecule has 0 amide bonds. The molecule has 1 aromatic heterocycles. The Labute approximate surface area is 199 Å². The minimum atomic E-state index is 0.992. The van der Waals surface area contributed by atoms with E-state index in [4.69, 9.17) is 4.98 Å². The molecule has 0 fully saturated rings. The molecule has 1 heterocycles. The third-order valence-corrected chi connectivity index (χ3v) is 6.37. The Morgan fingerprint density at radius 1 is 0.727 bits per heavy atom. The fourth-order valence-corrected chi connectivity index (χ4v) is 4.93. The van der Waals surface area contributed by atoms with Crippen LogP contribution >= 0.6 is 0 Å². The highest BCUT2D eigenvalue weighted by Gasteiger charge is 2.17. The average Bonchev–Trinajstić information content (AvgIpc) is 3.21. The number of nitrogens with zero attached hydrogens (tertiary/aromatic N) is 2. The van der Waals surface area contributed by atoms with Crippen LogP contribution in [0.25, 0.3) is 28.3 Å². The molecule has 0 unspecified atom stereocenters. The number of aromatic nitrogens is 2. The summed E-state index contributed by atoms with van der Waals surface area (Å²) in [5, 5.41) is 0. The summed E-state index contributed by atoms with van der Waals surface area (Å²) in [5.74, 6) is 0.992. The van der Waals surface area contributed by atoms with Crippen LogP contribution in [-0.4, -0.2) is 9.55 Å². The zero-order valence-electron chi connectivity index (χ0n) is 20.8. The largest absolute Gasteiger partial charge is 0.299 e. The normalized spacial score (nSPS) is 11.2. The summed E-state index contributed by atoms with van der Waals surface area (Å²) >= 11 is 0. The summed E-state index contributed by atoms with van der Waals surface area (Å²) in [5.41, 5.74) is 11.2. The summed E-state index contributed by atoms with van der Waals surface area (Å²) in [7, 11) is 0. The van der Waals surface area contributed by atoms with Crippen LogP contribution in [0.15, 0.2) is 66.9 Å². The van der Waals surface area contributed by atoms with Crippen molar-refractivity contribution in [3.8, 4) is 28.3 Å². The fourth-order valence-electron chi connectivity index (χ4n) is 4.93. The summed E-state index contributed by atoms with van der Waals surface area (Å²) in [6.45, 7) is 11.1. The molecule has 0 atom stereocenters. The van der Waals surface area contributed by atoms with Crippen molar-refractivity contribution in [2.24, 2.45) is 0 Å². The van der Waals surface area contributed by atoms with Gasteiger partial charge in [0.05, 0.1) is 11.4 Å². The van der Waals surface area contributed by atoms with E-state index in [0.29, 0.717) is 0 Å². The third-order valence-electron chi connectivity index (χ3n) is 6.37. The van der Waals surface area contributed by atoms with E-state index >= 15 is 0 Å². The Hall–Kier alpha value is -3.13. The number of hydrogen-bond donors (Lipinski definition) is 0. The maximum Gasteiger partial charge on any atom is 0.145 e. The van der Waals surface area contributed by atoms with Crippen molar-refractivity contribution in [1.29, 1.82) is 0 Å². The molecule has 0 N–H and O–H groups in total. The number of aryl methyl sites for hydroxylation is 5. The Morgan fingerprint density at radius 3 is 2.03 bits per heavy atom. The van der Waals surface area contributed by atoms with Crippen LogP contribution in [0.2, 0.25) is 0 Å². The lowest BCUT2D eigenvalue weighted by Gasteiger charge is -2.16. The fraction of sp³-hybridized carbons (Fsp3) is 0.323. The van der Waals surface area contributed by atoms with E-state index in [0.717, 1.165) is 23.5 Å². The first-order chi connectivity index (χ1) is 16.0. The van der Waals surface area contributed by atoms with Crippen molar-refractivity contribution >= 4 is 0 Å². The first-order valence-electron chi connectivity index (χ1n) is 12.3. The van der Waals surface area contributed by atoms with Crippen molar-refractivity contribution < 1.29 is 0 Å². The van der Waals surface area contributed by atoms with Gasteiger partial charge in [-0.15, -0.1) is 0 Å². The molecule has 2 nitrogen and oxygen atoms in total. The molecule has 4 rings (SSSR count). The van der Waals surface area contributed by atoms with Gasteiger partial charge in [0.15, 0.2) is 0 Å². The van der Waals surface area contributed by atoms with Gasteiger partial charge in [0.25, 0.3) is 0 Å². The predicted molar refractivity (Wildman–Crippen MR) is 141 cm³/mol. The standard InChI is InChI=1S/C31H36N2/c1-6-7-8-10-13-26-19-24(4)30(25(5)20-26)33-21-29(28-17-22(2)16-23(3)18-28)32-31(33)27-14-11-9-12-15-27/h9,11-12,14-21H,6-8,10,13H2,1-5H3. The van der Waals surface area contributed by atoms with Crippen molar-refractivity contribution in [1.82, 2.24) is 9.55 Å². The SMILES string of the molecule is CCCCCCc1cc(C)c(-n2cc(-c3cc(C)cc(C)c3)nc2-c2ccccc2)c(C)c1. The van der Waals surface area contributed by atoms with Gasteiger partial charge < -0.3 is 0 Å². The highest BCUT2D eigenvalue weighted by Crippen LogP contribution is 2.32. The maximum atomic E-state index is 5.15. The van der Waals surface area contributed by atoms with Gasteiger partial charge in [0, 0.05) is 17.3 Å². The lowest BCUT2D eigenvalue weighted by Crippen LogP contribution is -2.03. The highest BCUT2D eigenvalue weighted by molar-refractivity contribution is 5.69. The molecule has 33 heavy (non-hydrogen) atoms. The van der Waals surface area contributed by atoms with Gasteiger partial charge in [0.2, 0.25) is 0 Å². The molecule has 170 valence electrons. The summed E-state index contributed by atoms with van der Waals surface area (Å²) in [6.07, 6.45) is 8.56. The quantitative estimate of drug-likeness (QED) is 0.253. The number of rotatable bonds is 8. The number of benzene rings is 3. The van der Waals surface area contributed by atoms with Gasteiger partial charge in [0.1, 0.15) is 5.82 Å². The summed E-state index contributed by atoms with van der Waals surface area (Å²) < 4.78 is 2.30. The smallest absolute Gasteiger partial charge is 0.145 e. The van der Waals surface area contributed by atoms with Crippen molar-refractivity contribution in [2.75, 3.05) is 0 Å². The zero-order valence-corrected chi connectivity index (χ0v) is 20.8. The third kappa shape index (κ3) is 5.27. The van der Waals surface area contributed by atoms with Crippen LogP contribution in [-0.2, 0) is 6.42 Å². The van der Waals surface area contributed by atoms with Gasteiger partial charge in [-0.3, -0.25) is 4.57 Å². The highest BCUT2D eigenvalue weighted by atomic mass is 15.1. The molecule has 0 aliphatic heterocycles. The minimum absolute atomic E-state index is 0.992. The molecule has 0 radical (unpaired) electrons. The first kappa shape index (κ1) is 23.0. The van der Waals surface area contributed by atoms with E-state index in [1.807, 2.05) is 0 Å². The van der Waals surface area contributed by atoms with E-state index in [2.05, 4.69) is 106 Å². The molecule has 2 heteroatoms. The van der Waals surface area contributed by atoms with Crippen molar-refractivity contribution in [3.05, 3.63) is 94.7 Å². The molecule has 4 aromatic rings. The van der Waals surface area contributed by atoms with Gasteiger partial charge in [-0.05, 0) is 69.4 Å². The van der Waals surface area contributed by atoms with Crippen LogP contribution in [0.1, 0.15) is 60.4 Å². The van der Waals surface area contributed by atoms with Crippen LogP contribution in [0.4, 0.5) is 0 Å². The molecule has 0 spiro atoms. The second kappa shape index (κ2) is 10.2. The number of unbranched alkanes of at least 4 members (excludes halogenated alkanes) is 3. The van der Waals surface area contributed by atoms with Gasteiger partial charge in [-0.25, -0.2) is 4.98 Å². The lowest BCUT2D eigenvalue weighted by atomic mass is 9.99. The molecular formula is C31H36N2. The molecule has 0 aliphatic rings. The van der Waals surface area contributed by atoms with E-state index in [1.54, 1.807) is 0 Å². The molecule has 0 bridgehead atoms. The van der Waals surface area contributed by atoms with Crippen molar-refractivity contribution in [2.45, 2.75) is 66.7 Å². The second-order valence-corrected chi connectivity index (χ2v) is 9.45. The van der Waals surface area contributed by atoms with Crippen LogP contribution in [0.3, 0.4) is 0 Å². The second-order valence-electron chi connectivity index (χ2n) is 9.45. The molecule has 0 aliphatic carbocycles. The monoisotopic (exact) mass is 436 g/mol. The van der Waals surface area contributed by atoms with Crippen LogP contribution < -0.4 is 0 Å². The Bertz CT molecular complexity index is 1190. The first-order valence-corrected chi connectivity index (χ1v) is 12.3. The van der Waals surface area contributed by atoms with Crippen LogP contribution in [0, 0.1) is 27.7 Å². The zero-order chi connectivity index (χ0) is 23.4. The average molecular weight is 437 g/mol. The Kier molecular flexibility index (Phi) is 7.13.